The monoisotopic (exact) mass is 254 g/mol. The van der Waals surface area contributed by atoms with Crippen LogP contribution in [-0.2, 0) is 9.59 Å². The Morgan fingerprint density at radius 3 is 2.82 bits per heavy atom. The molecule has 0 saturated heterocycles. The molecule has 0 aromatic heterocycles. The summed E-state index contributed by atoms with van der Waals surface area (Å²) >= 11 is 5.53. The molecule has 2 amide bonds. The zero-order valence-corrected chi connectivity index (χ0v) is 9.68. The highest BCUT2D eigenvalue weighted by Gasteiger charge is 2.31. The van der Waals surface area contributed by atoms with E-state index in [4.69, 9.17) is 22.1 Å². The van der Waals surface area contributed by atoms with E-state index in [9.17, 15) is 9.59 Å². The first kappa shape index (κ1) is 11.7. The second-order valence-corrected chi connectivity index (χ2v) is 3.88. The summed E-state index contributed by atoms with van der Waals surface area (Å²) in [5.74, 6) is -0.582. The number of nitrogens with two attached hydrogens (primary N) is 1. The van der Waals surface area contributed by atoms with E-state index < -0.39 is 12.0 Å². The van der Waals surface area contributed by atoms with Crippen LogP contribution in [-0.4, -0.2) is 30.3 Å². The van der Waals surface area contributed by atoms with Gasteiger partial charge in [0.1, 0.15) is 11.6 Å². The smallest absolute Gasteiger partial charge is 0.260 e. The van der Waals surface area contributed by atoms with Gasteiger partial charge in [-0.15, -0.1) is 11.6 Å². The molecule has 0 radical (unpaired) electrons. The number of rotatable bonds is 2. The quantitative estimate of drug-likeness (QED) is 0.782. The third-order valence-electron chi connectivity index (χ3n) is 2.51. The minimum absolute atomic E-state index is 0.0951. The van der Waals surface area contributed by atoms with Crippen LogP contribution in [0.25, 0.3) is 0 Å². The van der Waals surface area contributed by atoms with Gasteiger partial charge in [0.15, 0.2) is 6.10 Å². The van der Waals surface area contributed by atoms with Gasteiger partial charge in [-0.1, -0.05) is 12.1 Å². The molecule has 5 nitrogen and oxygen atoms in total. The highest BCUT2D eigenvalue weighted by atomic mass is 35.5. The van der Waals surface area contributed by atoms with Crippen LogP contribution in [0.15, 0.2) is 24.3 Å². The van der Waals surface area contributed by atoms with E-state index in [-0.39, 0.29) is 18.3 Å². The highest BCUT2D eigenvalue weighted by Crippen LogP contribution is 2.33. The predicted molar refractivity (Wildman–Crippen MR) is 63.1 cm³/mol. The molecule has 17 heavy (non-hydrogen) atoms. The number of carbonyl (C=O) groups is 2. The molecule has 0 aliphatic carbocycles. The molecule has 1 unspecified atom stereocenters. The van der Waals surface area contributed by atoms with Crippen molar-refractivity contribution in [1.29, 1.82) is 0 Å². The first-order valence-electron chi connectivity index (χ1n) is 5.05. The van der Waals surface area contributed by atoms with Crippen molar-refractivity contribution >= 4 is 29.1 Å². The minimum Gasteiger partial charge on any atom is -0.477 e. The minimum atomic E-state index is -0.836. The van der Waals surface area contributed by atoms with Gasteiger partial charge >= 0.3 is 0 Å². The fraction of sp³-hybridized carbons (Fsp3) is 0.273. The topological polar surface area (TPSA) is 72.6 Å². The Kier molecular flexibility index (Phi) is 3.19. The first-order valence-corrected chi connectivity index (χ1v) is 5.58. The van der Waals surface area contributed by atoms with Gasteiger partial charge in [0.2, 0.25) is 5.91 Å². The highest BCUT2D eigenvalue weighted by molar-refractivity contribution is 6.29. The summed E-state index contributed by atoms with van der Waals surface area (Å²) in [5, 5.41) is 0. The summed E-state index contributed by atoms with van der Waals surface area (Å²) in [4.78, 5) is 24.2. The molecule has 0 fully saturated rings. The van der Waals surface area contributed by atoms with Crippen LogP contribution >= 0.6 is 11.6 Å². The molecule has 2 rings (SSSR count). The molecular formula is C11H11ClN2O3. The van der Waals surface area contributed by atoms with Crippen molar-refractivity contribution in [2.45, 2.75) is 6.10 Å². The molecular weight excluding hydrogens is 244 g/mol. The zero-order valence-electron chi connectivity index (χ0n) is 8.93. The maximum Gasteiger partial charge on any atom is 0.260 e. The average Bonchev–Trinajstić information content (AvgIpc) is 2.36. The van der Waals surface area contributed by atoms with Crippen molar-refractivity contribution in [2.75, 3.05) is 17.3 Å². The van der Waals surface area contributed by atoms with E-state index in [1.807, 2.05) is 0 Å². The van der Waals surface area contributed by atoms with E-state index in [2.05, 4.69) is 0 Å². The molecule has 2 N–H and O–H groups in total. The fourth-order valence-electron chi connectivity index (χ4n) is 1.69. The molecule has 0 bridgehead atoms. The molecule has 1 aliphatic rings. The maximum atomic E-state index is 11.7. The van der Waals surface area contributed by atoms with E-state index in [0.717, 1.165) is 0 Å². The molecule has 1 heterocycles. The summed E-state index contributed by atoms with van der Waals surface area (Å²) in [5.41, 5.74) is 5.80. The molecule has 1 aliphatic heterocycles. The summed E-state index contributed by atoms with van der Waals surface area (Å²) in [7, 11) is 0. The van der Waals surface area contributed by atoms with E-state index in [0.29, 0.717) is 11.4 Å². The first-order chi connectivity index (χ1) is 8.13. The van der Waals surface area contributed by atoms with E-state index >= 15 is 0 Å². The van der Waals surface area contributed by atoms with Crippen molar-refractivity contribution in [1.82, 2.24) is 0 Å². The van der Waals surface area contributed by atoms with Crippen LogP contribution in [0.4, 0.5) is 5.69 Å². The summed E-state index contributed by atoms with van der Waals surface area (Å²) in [6, 6.07) is 6.95. The van der Waals surface area contributed by atoms with Crippen LogP contribution in [0.3, 0.4) is 0 Å². The Balaban J connectivity index is 2.39. The maximum absolute atomic E-state index is 11.7. The second-order valence-electron chi connectivity index (χ2n) is 3.61. The molecule has 1 aromatic rings. The fourth-order valence-corrected chi connectivity index (χ4v) is 1.84. The Labute approximate surface area is 103 Å². The van der Waals surface area contributed by atoms with Crippen LogP contribution in [0, 0.1) is 0 Å². The summed E-state index contributed by atoms with van der Waals surface area (Å²) < 4.78 is 5.41. The van der Waals surface area contributed by atoms with Crippen LogP contribution in [0.2, 0.25) is 0 Å². The summed E-state index contributed by atoms with van der Waals surface area (Å²) in [6.07, 6.45) is -0.836. The van der Waals surface area contributed by atoms with Gasteiger partial charge in [0, 0.05) is 0 Å². The Morgan fingerprint density at radius 1 is 1.47 bits per heavy atom. The molecule has 1 atom stereocenters. The van der Waals surface area contributed by atoms with E-state index in [1.54, 1.807) is 24.3 Å². The van der Waals surface area contributed by atoms with Crippen molar-refractivity contribution in [2.24, 2.45) is 5.73 Å². The van der Waals surface area contributed by atoms with Crippen LogP contribution in [0.5, 0.6) is 5.75 Å². The zero-order chi connectivity index (χ0) is 12.4. The number of nitrogens with zero attached hydrogens (tertiary/aromatic N) is 1. The molecule has 6 heteroatoms. The van der Waals surface area contributed by atoms with Gasteiger partial charge in [-0.25, -0.2) is 0 Å². The Bertz CT molecular complexity index is 464. The van der Waals surface area contributed by atoms with Crippen molar-refractivity contribution in [3.63, 3.8) is 0 Å². The number of amides is 2. The number of hydrogen-bond donors (Lipinski definition) is 1. The van der Waals surface area contributed by atoms with Gasteiger partial charge in [-0.2, -0.15) is 0 Å². The number of hydrogen-bond acceptors (Lipinski definition) is 3. The molecule has 1 aromatic carbocycles. The van der Waals surface area contributed by atoms with Gasteiger partial charge in [-0.05, 0) is 12.1 Å². The largest absolute Gasteiger partial charge is 0.477 e. The number of benzene rings is 1. The molecule has 0 spiro atoms. The number of ether oxygens (including phenoxy) is 1. The second kappa shape index (κ2) is 4.63. The lowest BCUT2D eigenvalue weighted by Crippen LogP contribution is -2.49. The summed E-state index contributed by atoms with van der Waals surface area (Å²) in [6.45, 7) is 0.0951. The van der Waals surface area contributed by atoms with Gasteiger partial charge in [0.25, 0.3) is 5.91 Å². The predicted octanol–water partition coefficient (Wildman–Crippen LogP) is 0.505. The van der Waals surface area contributed by atoms with Gasteiger partial charge in [0.05, 0.1) is 12.2 Å². The Hall–Kier alpha value is -1.75. The number of halogens is 1. The van der Waals surface area contributed by atoms with Crippen LogP contribution < -0.4 is 15.4 Å². The van der Waals surface area contributed by atoms with Crippen molar-refractivity contribution in [3.05, 3.63) is 24.3 Å². The standard InChI is InChI=1S/C11H11ClN2O3/c12-5-10(15)14-6-9(11(13)16)17-8-4-2-1-3-7(8)14/h1-4,9H,5-6H2,(H2,13,16). The number of fused-ring (bicyclic) bond motifs is 1. The lowest BCUT2D eigenvalue weighted by molar-refractivity contribution is -0.125. The molecule has 90 valence electrons. The number of para-hydroxylation sites is 2. The lowest BCUT2D eigenvalue weighted by atomic mass is 10.2. The van der Waals surface area contributed by atoms with Gasteiger partial charge in [-0.3, -0.25) is 9.59 Å². The van der Waals surface area contributed by atoms with E-state index in [1.165, 1.54) is 4.90 Å². The third kappa shape index (κ3) is 2.19. The SMILES string of the molecule is NC(=O)C1CN(C(=O)CCl)c2ccccc2O1. The number of primary amides is 1. The van der Waals surface area contributed by atoms with Crippen molar-refractivity contribution < 1.29 is 14.3 Å². The van der Waals surface area contributed by atoms with Gasteiger partial charge < -0.3 is 15.4 Å². The average molecular weight is 255 g/mol. The van der Waals surface area contributed by atoms with Crippen LogP contribution in [0.1, 0.15) is 0 Å². The Morgan fingerprint density at radius 2 is 2.18 bits per heavy atom. The van der Waals surface area contributed by atoms with Crippen molar-refractivity contribution in [3.8, 4) is 5.75 Å². The molecule has 0 saturated carbocycles. The number of carbonyl (C=O) groups excluding carboxylic acids is 2. The number of alkyl halides is 1. The normalized spacial score (nSPS) is 18.2. The lowest BCUT2D eigenvalue weighted by Gasteiger charge is -2.33. The third-order valence-corrected chi connectivity index (χ3v) is 2.74. The number of anilines is 1.